The molecular formula is C14H24N4O. The van der Waals surface area contributed by atoms with Crippen molar-refractivity contribution >= 4 is 5.91 Å². The highest BCUT2D eigenvalue weighted by Crippen LogP contribution is 2.31. The highest BCUT2D eigenvalue weighted by Gasteiger charge is 2.41. The van der Waals surface area contributed by atoms with E-state index in [2.05, 4.69) is 4.98 Å². The minimum Gasteiger partial charge on any atom is -0.337 e. The molecule has 2 rings (SSSR count). The molecule has 1 aromatic heterocycles. The number of aromatic nitrogens is 2. The third kappa shape index (κ3) is 2.81. The van der Waals surface area contributed by atoms with Crippen molar-refractivity contribution in [3.8, 4) is 0 Å². The van der Waals surface area contributed by atoms with Crippen molar-refractivity contribution in [1.82, 2.24) is 14.5 Å². The first-order valence-electron chi connectivity index (χ1n) is 7.08. The molecular weight excluding hydrogens is 240 g/mol. The third-order valence-corrected chi connectivity index (χ3v) is 4.17. The summed E-state index contributed by atoms with van der Waals surface area (Å²) in [6.45, 7) is 4.52. The van der Waals surface area contributed by atoms with E-state index in [1.165, 1.54) is 0 Å². The fourth-order valence-electron chi connectivity index (χ4n) is 2.29. The lowest BCUT2D eigenvalue weighted by molar-refractivity contribution is -0.138. The van der Waals surface area contributed by atoms with Gasteiger partial charge in [0.15, 0.2) is 0 Å². The minimum absolute atomic E-state index is 0.0722. The summed E-state index contributed by atoms with van der Waals surface area (Å²) >= 11 is 0. The maximum absolute atomic E-state index is 12.7. The van der Waals surface area contributed by atoms with E-state index >= 15 is 0 Å². The van der Waals surface area contributed by atoms with Crippen LogP contribution in [0.4, 0.5) is 0 Å². The molecule has 1 heterocycles. The molecule has 106 valence electrons. The number of amides is 1. The van der Waals surface area contributed by atoms with E-state index in [1.807, 2.05) is 36.6 Å². The lowest BCUT2D eigenvalue weighted by Crippen LogP contribution is -2.55. The number of hydrogen-bond acceptors (Lipinski definition) is 3. The Morgan fingerprint density at radius 1 is 1.53 bits per heavy atom. The Morgan fingerprint density at radius 2 is 2.16 bits per heavy atom. The summed E-state index contributed by atoms with van der Waals surface area (Å²) in [4.78, 5) is 18.9. The normalized spacial score (nSPS) is 15.6. The molecule has 2 N–H and O–H groups in total. The van der Waals surface area contributed by atoms with Crippen LogP contribution in [0.2, 0.25) is 0 Å². The fraction of sp³-hybridized carbons (Fsp3) is 0.714. The molecule has 0 radical (unpaired) electrons. The van der Waals surface area contributed by atoms with E-state index in [0.29, 0.717) is 25.4 Å². The van der Waals surface area contributed by atoms with Crippen LogP contribution in [0.15, 0.2) is 12.4 Å². The van der Waals surface area contributed by atoms with E-state index in [4.69, 9.17) is 5.73 Å². The average molecular weight is 264 g/mol. The van der Waals surface area contributed by atoms with Crippen molar-refractivity contribution in [3.63, 3.8) is 0 Å². The highest BCUT2D eigenvalue weighted by atomic mass is 16.2. The number of imidazole rings is 1. The van der Waals surface area contributed by atoms with E-state index in [1.54, 1.807) is 6.20 Å². The van der Waals surface area contributed by atoms with Gasteiger partial charge in [0.25, 0.3) is 0 Å². The molecule has 0 atom stereocenters. The van der Waals surface area contributed by atoms with Crippen LogP contribution in [0.25, 0.3) is 0 Å². The number of rotatable bonds is 6. The van der Waals surface area contributed by atoms with E-state index < -0.39 is 5.54 Å². The Balaban J connectivity index is 2.17. The molecule has 0 spiro atoms. The zero-order valence-electron chi connectivity index (χ0n) is 12.1. The van der Waals surface area contributed by atoms with Crippen LogP contribution >= 0.6 is 0 Å². The van der Waals surface area contributed by atoms with Gasteiger partial charge in [0.2, 0.25) is 5.91 Å². The van der Waals surface area contributed by atoms with Crippen LogP contribution in [-0.2, 0) is 18.4 Å². The Morgan fingerprint density at radius 3 is 2.58 bits per heavy atom. The van der Waals surface area contributed by atoms with Gasteiger partial charge in [-0.1, -0.05) is 13.8 Å². The molecule has 0 saturated heterocycles. The molecule has 1 amide bonds. The van der Waals surface area contributed by atoms with Gasteiger partial charge in [0, 0.05) is 25.5 Å². The summed E-state index contributed by atoms with van der Waals surface area (Å²) in [6, 6.07) is 0.352. The van der Waals surface area contributed by atoms with Gasteiger partial charge in [-0.3, -0.25) is 4.79 Å². The number of carbonyl (C=O) groups excluding carboxylic acids is 1. The van der Waals surface area contributed by atoms with Crippen molar-refractivity contribution in [3.05, 3.63) is 18.2 Å². The first-order valence-corrected chi connectivity index (χ1v) is 7.08. The van der Waals surface area contributed by atoms with Crippen LogP contribution in [0.3, 0.4) is 0 Å². The van der Waals surface area contributed by atoms with E-state index in [-0.39, 0.29) is 5.91 Å². The lowest BCUT2D eigenvalue weighted by atomic mass is 9.92. The Labute approximate surface area is 114 Å². The highest BCUT2D eigenvalue weighted by molar-refractivity contribution is 5.86. The lowest BCUT2D eigenvalue weighted by Gasteiger charge is -2.33. The minimum atomic E-state index is -0.728. The largest absolute Gasteiger partial charge is 0.337 e. The zero-order valence-corrected chi connectivity index (χ0v) is 12.1. The van der Waals surface area contributed by atoms with Crippen molar-refractivity contribution in [2.24, 2.45) is 12.8 Å². The SMILES string of the molecule is CCC(N)(CC)C(=O)N(Cc1nccn1C)C1CC1. The molecule has 1 aromatic rings. The van der Waals surface area contributed by atoms with Crippen LogP contribution in [0, 0.1) is 0 Å². The van der Waals surface area contributed by atoms with Gasteiger partial charge in [0.05, 0.1) is 12.1 Å². The topological polar surface area (TPSA) is 64.2 Å². The molecule has 0 aliphatic heterocycles. The number of aryl methyl sites for hydroxylation is 1. The first kappa shape index (κ1) is 14.1. The van der Waals surface area contributed by atoms with Crippen molar-refractivity contribution < 1.29 is 4.79 Å². The van der Waals surface area contributed by atoms with E-state index in [9.17, 15) is 4.79 Å². The second-order valence-electron chi connectivity index (χ2n) is 5.48. The average Bonchev–Trinajstić information content (AvgIpc) is 3.18. The molecule has 0 aromatic carbocycles. The summed E-state index contributed by atoms with van der Waals surface area (Å²) in [5.41, 5.74) is 5.53. The second-order valence-corrected chi connectivity index (χ2v) is 5.48. The summed E-state index contributed by atoms with van der Waals surface area (Å²) in [5, 5.41) is 0. The molecule has 0 unspecified atom stereocenters. The molecule has 19 heavy (non-hydrogen) atoms. The Hall–Kier alpha value is -1.36. The summed E-state index contributed by atoms with van der Waals surface area (Å²) < 4.78 is 1.96. The van der Waals surface area contributed by atoms with Gasteiger partial charge in [-0.25, -0.2) is 4.98 Å². The van der Waals surface area contributed by atoms with Gasteiger partial charge >= 0.3 is 0 Å². The Kier molecular flexibility index (Phi) is 3.94. The van der Waals surface area contributed by atoms with Crippen LogP contribution in [0.5, 0.6) is 0 Å². The maximum Gasteiger partial charge on any atom is 0.243 e. The number of hydrogen-bond donors (Lipinski definition) is 1. The van der Waals surface area contributed by atoms with Gasteiger partial charge in [-0.2, -0.15) is 0 Å². The van der Waals surface area contributed by atoms with Gasteiger partial charge < -0.3 is 15.2 Å². The number of nitrogens with zero attached hydrogens (tertiary/aromatic N) is 3. The summed E-state index contributed by atoms with van der Waals surface area (Å²) in [6.07, 6.45) is 7.18. The fourth-order valence-corrected chi connectivity index (χ4v) is 2.29. The smallest absolute Gasteiger partial charge is 0.243 e. The number of nitrogens with two attached hydrogens (primary N) is 1. The third-order valence-electron chi connectivity index (χ3n) is 4.17. The predicted molar refractivity (Wildman–Crippen MR) is 74.3 cm³/mol. The quantitative estimate of drug-likeness (QED) is 0.845. The van der Waals surface area contributed by atoms with Crippen molar-refractivity contribution in [1.29, 1.82) is 0 Å². The maximum atomic E-state index is 12.7. The predicted octanol–water partition coefficient (Wildman–Crippen LogP) is 1.43. The number of carbonyl (C=O) groups is 1. The molecule has 1 saturated carbocycles. The second kappa shape index (κ2) is 5.33. The molecule has 5 nitrogen and oxygen atoms in total. The Bertz CT molecular complexity index is 446. The van der Waals surface area contributed by atoms with Crippen LogP contribution < -0.4 is 5.73 Å². The van der Waals surface area contributed by atoms with Gasteiger partial charge in [0.1, 0.15) is 5.82 Å². The zero-order chi connectivity index (χ0) is 14.0. The molecule has 0 bridgehead atoms. The van der Waals surface area contributed by atoms with Gasteiger partial charge in [-0.05, 0) is 25.7 Å². The standard InChI is InChI=1S/C14H24N4O/c1-4-14(15,5-2)13(19)18(11-6-7-11)10-12-16-8-9-17(12)3/h8-9,11H,4-7,10,15H2,1-3H3. The molecule has 1 aliphatic carbocycles. The monoisotopic (exact) mass is 264 g/mol. The van der Waals surface area contributed by atoms with Crippen molar-refractivity contribution in [2.75, 3.05) is 0 Å². The van der Waals surface area contributed by atoms with Crippen LogP contribution in [-0.4, -0.2) is 31.9 Å². The summed E-state index contributed by atoms with van der Waals surface area (Å²) in [5.74, 6) is 0.984. The molecule has 1 aliphatic rings. The first-order chi connectivity index (χ1) is 9.01. The van der Waals surface area contributed by atoms with Gasteiger partial charge in [-0.15, -0.1) is 0 Å². The molecule has 1 fully saturated rings. The van der Waals surface area contributed by atoms with Crippen molar-refractivity contribution in [2.45, 2.75) is 57.7 Å². The molecule has 5 heteroatoms. The van der Waals surface area contributed by atoms with E-state index in [0.717, 1.165) is 18.7 Å². The summed E-state index contributed by atoms with van der Waals surface area (Å²) in [7, 11) is 1.95. The van der Waals surface area contributed by atoms with Crippen LogP contribution in [0.1, 0.15) is 45.4 Å².